The van der Waals surface area contributed by atoms with Gasteiger partial charge < -0.3 is 14.8 Å². The fourth-order valence-corrected chi connectivity index (χ4v) is 5.06. The maximum absolute atomic E-state index is 12.8. The van der Waals surface area contributed by atoms with Gasteiger partial charge in [-0.05, 0) is 50.1 Å². The molecule has 7 heteroatoms. The van der Waals surface area contributed by atoms with Crippen molar-refractivity contribution < 1.29 is 9.84 Å². The molecule has 0 fully saturated rings. The quantitative estimate of drug-likeness (QED) is 0.459. The number of hydrogen-bond donors (Lipinski definition) is 2. The normalized spacial score (nSPS) is 15.0. The molecule has 0 bridgehead atoms. The van der Waals surface area contributed by atoms with E-state index in [-0.39, 0.29) is 18.8 Å². The van der Waals surface area contributed by atoms with Crippen molar-refractivity contribution in [3.8, 4) is 12.3 Å². The van der Waals surface area contributed by atoms with Crippen LogP contribution < -0.4 is 5.56 Å². The number of ether oxygens (including phenoxy) is 1. The average Bonchev–Trinajstić information content (AvgIpc) is 3.05. The first-order valence-corrected chi connectivity index (χ1v) is 11.2. The van der Waals surface area contributed by atoms with Crippen LogP contribution in [0.1, 0.15) is 49.4 Å². The summed E-state index contributed by atoms with van der Waals surface area (Å²) in [4.78, 5) is 24.8. The predicted molar refractivity (Wildman–Crippen MR) is 117 cm³/mol. The number of nitrogens with one attached hydrogen (secondary N) is 1. The number of aromatic nitrogens is 2. The number of aliphatic hydroxyl groups excluding tert-OH is 1. The highest BCUT2D eigenvalue weighted by Crippen LogP contribution is 2.33. The van der Waals surface area contributed by atoms with Crippen LogP contribution in [0.4, 0.5) is 0 Å². The third-order valence-electron chi connectivity index (χ3n) is 5.23. The summed E-state index contributed by atoms with van der Waals surface area (Å²) in [5.74, 6) is 3.61. The van der Waals surface area contributed by atoms with Crippen molar-refractivity contribution in [1.82, 2.24) is 14.9 Å². The van der Waals surface area contributed by atoms with Crippen molar-refractivity contribution in [1.29, 1.82) is 0 Å². The van der Waals surface area contributed by atoms with Gasteiger partial charge in [0.15, 0.2) is 0 Å². The third-order valence-corrected chi connectivity index (χ3v) is 6.42. The Bertz CT molecular complexity index is 912. The highest BCUT2D eigenvalue weighted by atomic mass is 32.1. The maximum Gasteiger partial charge on any atom is 0.259 e. The minimum atomic E-state index is -0.639. The zero-order chi connectivity index (χ0) is 20.8. The van der Waals surface area contributed by atoms with Crippen molar-refractivity contribution in [2.24, 2.45) is 5.92 Å². The molecule has 2 aromatic heterocycles. The van der Waals surface area contributed by atoms with E-state index in [9.17, 15) is 9.90 Å². The molecule has 0 aromatic carbocycles. The highest BCUT2D eigenvalue weighted by Gasteiger charge is 2.21. The second kappa shape index (κ2) is 10.4. The van der Waals surface area contributed by atoms with Crippen LogP contribution in [0.25, 0.3) is 10.2 Å². The van der Waals surface area contributed by atoms with Crippen LogP contribution in [-0.4, -0.2) is 52.4 Å². The monoisotopic (exact) mass is 417 g/mol. The summed E-state index contributed by atoms with van der Waals surface area (Å²) in [7, 11) is 0. The second-order valence-electron chi connectivity index (χ2n) is 8.19. The van der Waals surface area contributed by atoms with E-state index in [0.29, 0.717) is 24.8 Å². The van der Waals surface area contributed by atoms with Crippen LogP contribution in [0.15, 0.2) is 4.79 Å². The molecule has 29 heavy (non-hydrogen) atoms. The summed E-state index contributed by atoms with van der Waals surface area (Å²) in [5.41, 5.74) is 1.17. The average molecular weight is 418 g/mol. The molecule has 158 valence electrons. The van der Waals surface area contributed by atoms with Crippen molar-refractivity contribution in [2.75, 3.05) is 26.3 Å². The van der Waals surface area contributed by atoms with Gasteiger partial charge in [0.1, 0.15) is 17.3 Å². The lowest BCUT2D eigenvalue weighted by molar-refractivity contribution is 0.0247. The molecule has 0 radical (unpaired) electrons. The zero-order valence-electron chi connectivity index (χ0n) is 17.4. The summed E-state index contributed by atoms with van der Waals surface area (Å²) in [6, 6.07) is 0. The van der Waals surface area contributed by atoms with Gasteiger partial charge in [-0.1, -0.05) is 19.8 Å². The summed E-state index contributed by atoms with van der Waals surface area (Å²) in [5, 5.41) is 11.1. The van der Waals surface area contributed by atoms with Crippen molar-refractivity contribution in [2.45, 2.75) is 58.6 Å². The summed E-state index contributed by atoms with van der Waals surface area (Å²) < 4.78 is 5.26. The number of aromatic amines is 1. The number of nitrogens with zero attached hydrogens (tertiary/aromatic N) is 2. The van der Waals surface area contributed by atoms with Crippen molar-refractivity contribution in [3.63, 3.8) is 0 Å². The third kappa shape index (κ3) is 5.89. The molecule has 0 unspecified atom stereocenters. The van der Waals surface area contributed by atoms with Gasteiger partial charge in [0.2, 0.25) is 0 Å². The van der Waals surface area contributed by atoms with Crippen LogP contribution in [0.2, 0.25) is 0 Å². The number of aryl methyl sites for hydroxylation is 2. The largest absolute Gasteiger partial charge is 0.389 e. The number of fused-ring (bicyclic) bond motifs is 3. The molecular weight excluding hydrogens is 386 g/mol. The molecule has 0 amide bonds. The Labute approximate surface area is 176 Å². The summed E-state index contributed by atoms with van der Waals surface area (Å²) in [6.07, 6.45) is 9.90. The Hall–Kier alpha value is -1.72. The van der Waals surface area contributed by atoms with E-state index in [4.69, 9.17) is 16.1 Å². The van der Waals surface area contributed by atoms with E-state index in [1.54, 1.807) is 11.3 Å². The molecule has 1 atom stereocenters. The van der Waals surface area contributed by atoms with Gasteiger partial charge in [0, 0.05) is 11.4 Å². The standard InChI is InChI=1S/C22H31N3O3S/c1-4-11-28-14-16(26)12-25(10-9-15(2)3)13-19-23-21(27)20-17-7-5-6-8-18(17)29-22(20)24-19/h1,15-16,26H,5-14H2,2-3H3,(H,23,24,27)/t16-/m1/s1. The molecular formula is C22H31N3O3S. The number of thiophene rings is 1. The van der Waals surface area contributed by atoms with E-state index in [1.807, 2.05) is 0 Å². The van der Waals surface area contributed by atoms with Crippen LogP contribution in [-0.2, 0) is 24.1 Å². The highest BCUT2D eigenvalue weighted by molar-refractivity contribution is 7.18. The predicted octanol–water partition coefficient (Wildman–Crippen LogP) is 2.72. The van der Waals surface area contributed by atoms with E-state index in [2.05, 4.69) is 29.7 Å². The zero-order valence-corrected chi connectivity index (χ0v) is 18.2. The minimum absolute atomic E-state index is 0.0360. The van der Waals surface area contributed by atoms with Crippen LogP contribution in [0.5, 0.6) is 0 Å². The Kier molecular flexibility index (Phi) is 7.84. The first-order chi connectivity index (χ1) is 14.0. The molecule has 1 aliphatic rings. The molecule has 0 spiro atoms. The van der Waals surface area contributed by atoms with Gasteiger partial charge in [-0.15, -0.1) is 17.8 Å². The maximum atomic E-state index is 12.8. The van der Waals surface area contributed by atoms with E-state index in [1.165, 1.54) is 16.9 Å². The molecule has 2 heterocycles. The van der Waals surface area contributed by atoms with E-state index < -0.39 is 6.10 Å². The molecule has 0 saturated carbocycles. The molecule has 0 aliphatic heterocycles. The lowest BCUT2D eigenvalue weighted by Gasteiger charge is -2.25. The fraction of sp³-hybridized carbons (Fsp3) is 0.636. The van der Waals surface area contributed by atoms with Crippen molar-refractivity contribution >= 4 is 21.6 Å². The molecule has 3 rings (SSSR count). The topological polar surface area (TPSA) is 78.5 Å². The van der Waals surface area contributed by atoms with Gasteiger partial charge in [0.05, 0.1) is 24.6 Å². The lowest BCUT2D eigenvalue weighted by atomic mass is 9.97. The van der Waals surface area contributed by atoms with Gasteiger partial charge in [0.25, 0.3) is 5.56 Å². The summed E-state index contributed by atoms with van der Waals surface area (Å²) >= 11 is 1.66. The number of terminal acetylenes is 1. The first-order valence-electron chi connectivity index (χ1n) is 10.4. The van der Waals surface area contributed by atoms with Gasteiger partial charge in [-0.3, -0.25) is 9.69 Å². The smallest absolute Gasteiger partial charge is 0.259 e. The Morgan fingerprint density at radius 2 is 2.17 bits per heavy atom. The number of aliphatic hydroxyl groups is 1. The Morgan fingerprint density at radius 3 is 2.93 bits per heavy atom. The van der Waals surface area contributed by atoms with Crippen LogP contribution in [0, 0.1) is 18.3 Å². The van der Waals surface area contributed by atoms with Crippen LogP contribution in [0.3, 0.4) is 0 Å². The minimum Gasteiger partial charge on any atom is -0.389 e. The fourth-order valence-electron chi connectivity index (χ4n) is 3.78. The number of hydrogen-bond acceptors (Lipinski definition) is 6. The van der Waals surface area contributed by atoms with E-state index >= 15 is 0 Å². The molecule has 1 aliphatic carbocycles. The van der Waals surface area contributed by atoms with Crippen LogP contribution >= 0.6 is 11.3 Å². The molecule has 2 N–H and O–H groups in total. The van der Waals surface area contributed by atoms with Gasteiger partial charge in [-0.2, -0.15) is 0 Å². The van der Waals surface area contributed by atoms with Gasteiger partial charge in [-0.25, -0.2) is 4.98 Å². The first kappa shape index (κ1) is 22.0. The van der Waals surface area contributed by atoms with E-state index in [0.717, 1.165) is 42.4 Å². The van der Waals surface area contributed by atoms with Crippen molar-refractivity contribution in [3.05, 3.63) is 26.6 Å². The second-order valence-corrected chi connectivity index (χ2v) is 9.28. The van der Waals surface area contributed by atoms with Gasteiger partial charge >= 0.3 is 0 Å². The number of H-pyrrole nitrogens is 1. The molecule has 6 nitrogen and oxygen atoms in total. The Morgan fingerprint density at radius 1 is 1.38 bits per heavy atom. The number of rotatable bonds is 10. The lowest BCUT2D eigenvalue weighted by Crippen LogP contribution is -2.36. The SMILES string of the molecule is C#CCOC[C@H](O)CN(CCC(C)C)Cc1nc2sc3c(c2c(=O)[nH]1)CCCC3. The summed E-state index contributed by atoms with van der Waals surface area (Å²) in [6.45, 7) is 6.49. The Balaban J connectivity index is 1.76. The molecule has 2 aromatic rings. The molecule has 0 saturated heterocycles.